The Bertz CT molecular complexity index is 1140. The number of hydrogen-bond donors (Lipinski definition) is 1. The van der Waals surface area contributed by atoms with E-state index in [-0.39, 0.29) is 12.0 Å². The van der Waals surface area contributed by atoms with Crippen LogP contribution in [-0.4, -0.2) is 51.3 Å². The highest BCUT2D eigenvalue weighted by atomic mass is 32.1. The van der Waals surface area contributed by atoms with Crippen molar-refractivity contribution in [2.75, 3.05) is 26.1 Å². The average Bonchev–Trinajstić information content (AvgIpc) is 3.26. The highest BCUT2D eigenvalue weighted by Gasteiger charge is 2.14. The maximum absolute atomic E-state index is 10.8. The van der Waals surface area contributed by atoms with Crippen LogP contribution < -0.4 is 5.32 Å². The molecule has 11 heteroatoms. The summed E-state index contributed by atoms with van der Waals surface area (Å²) in [6.45, 7) is 0.422. The van der Waals surface area contributed by atoms with Crippen LogP contribution in [0.15, 0.2) is 36.7 Å². The zero-order chi connectivity index (χ0) is 19.7. The van der Waals surface area contributed by atoms with Crippen molar-refractivity contribution in [3.8, 4) is 11.3 Å². The molecule has 0 aliphatic heterocycles. The van der Waals surface area contributed by atoms with Crippen LogP contribution in [0.4, 0.5) is 11.6 Å². The van der Waals surface area contributed by atoms with Gasteiger partial charge in [0.1, 0.15) is 10.3 Å². The van der Waals surface area contributed by atoms with Crippen LogP contribution >= 0.6 is 11.3 Å². The molecule has 0 saturated carbocycles. The van der Waals surface area contributed by atoms with E-state index in [4.69, 9.17) is 9.47 Å². The molecular formula is C17H16N6O4S. The number of nitrogens with one attached hydrogen (secondary N) is 1. The molecule has 0 spiro atoms. The molecule has 1 N–H and O–H groups in total. The van der Waals surface area contributed by atoms with Gasteiger partial charge in [0.25, 0.3) is 5.69 Å². The summed E-state index contributed by atoms with van der Waals surface area (Å²) in [6, 6.07) is 6.31. The number of fused-ring (bicyclic) bond motifs is 3. The van der Waals surface area contributed by atoms with Crippen LogP contribution in [-0.2, 0) is 9.47 Å². The number of nitrogens with zero attached hydrogens (tertiary/aromatic N) is 5. The molecule has 4 rings (SSSR count). The highest BCUT2D eigenvalue weighted by Crippen LogP contribution is 2.29. The standard InChI is InChI=1S/C17H16N6O4S/c1-26-14(27-2)8-19-16-18-7-13-15(21-16)28-17-20-12(9-22(13)17)10-3-5-11(6-4-10)23(24)25/h3-7,9,14H,8H2,1-2H3,(H,18,19,21). The number of ether oxygens (including phenoxy) is 2. The van der Waals surface area contributed by atoms with Gasteiger partial charge in [-0.05, 0) is 12.1 Å². The van der Waals surface area contributed by atoms with Gasteiger partial charge >= 0.3 is 0 Å². The summed E-state index contributed by atoms with van der Waals surface area (Å²) < 4.78 is 12.2. The summed E-state index contributed by atoms with van der Waals surface area (Å²) in [5, 5.41) is 13.9. The molecule has 0 fully saturated rings. The number of nitro groups is 1. The molecule has 3 heterocycles. The molecule has 0 amide bonds. The van der Waals surface area contributed by atoms with Gasteiger partial charge in [0.05, 0.1) is 23.4 Å². The lowest BCUT2D eigenvalue weighted by molar-refractivity contribution is -0.384. The Morgan fingerprint density at radius 2 is 2.00 bits per heavy atom. The number of methoxy groups -OCH3 is 2. The molecule has 3 aromatic heterocycles. The van der Waals surface area contributed by atoms with E-state index in [0.717, 1.165) is 26.6 Å². The number of rotatable bonds is 7. The van der Waals surface area contributed by atoms with E-state index in [9.17, 15) is 10.1 Å². The van der Waals surface area contributed by atoms with Gasteiger partial charge < -0.3 is 14.8 Å². The van der Waals surface area contributed by atoms with Gasteiger partial charge in [-0.3, -0.25) is 14.5 Å². The second kappa shape index (κ2) is 7.46. The van der Waals surface area contributed by atoms with Crippen molar-refractivity contribution in [1.29, 1.82) is 0 Å². The summed E-state index contributed by atoms with van der Waals surface area (Å²) in [4.78, 5) is 25.4. The van der Waals surface area contributed by atoms with Crippen molar-refractivity contribution >= 4 is 38.3 Å². The maximum Gasteiger partial charge on any atom is 0.269 e. The Hall–Kier alpha value is -3.15. The van der Waals surface area contributed by atoms with Gasteiger partial charge in [0.15, 0.2) is 11.3 Å². The third-order valence-electron chi connectivity index (χ3n) is 4.18. The van der Waals surface area contributed by atoms with Crippen molar-refractivity contribution in [2.45, 2.75) is 6.29 Å². The Labute approximate surface area is 162 Å². The number of anilines is 1. The Balaban J connectivity index is 1.61. The van der Waals surface area contributed by atoms with Crippen LogP contribution in [0.5, 0.6) is 0 Å². The predicted molar refractivity (Wildman–Crippen MR) is 105 cm³/mol. The number of thiazole rings is 1. The van der Waals surface area contributed by atoms with E-state index in [2.05, 4.69) is 20.3 Å². The fraction of sp³-hybridized carbons (Fsp3) is 0.235. The number of aromatic nitrogens is 4. The van der Waals surface area contributed by atoms with Crippen LogP contribution in [0.2, 0.25) is 0 Å². The molecule has 0 saturated heterocycles. The molecule has 0 unspecified atom stereocenters. The Kier molecular flexibility index (Phi) is 4.86. The smallest absolute Gasteiger partial charge is 0.269 e. The highest BCUT2D eigenvalue weighted by molar-refractivity contribution is 7.23. The summed E-state index contributed by atoms with van der Waals surface area (Å²) >= 11 is 1.44. The second-order valence-corrected chi connectivity index (χ2v) is 6.81. The van der Waals surface area contributed by atoms with E-state index >= 15 is 0 Å². The minimum Gasteiger partial charge on any atom is -0.354 e. The molecule has 0 atom stereocenters. The van der Waals surface area contributed by atoms with Gasteiger partial charge in [-0.25, -0.2) is 15.0 Å². The van der Waals surface area contributed by atoms with Crippen molar-refractivity contribution in [3.63, 3.8) is 0 Å². The van der Waals surface area contributed by atoms with E-state index in [0.29, 0.717) is 12.5 Å². The SMILES string of the molecule is COC(CNc1ncc2c(n1)sc1nc(-c3ccc([N+](=O)[O-])cc3)cn12)OC. The quantitative estimate of drug-likeness (QED) is 0.286. The molecule has 0 bridgehead atoms. The van der Waals surface area contributed by atoms with E-state index in [1.165, 1.54) is 23.5 Å². The van der Waals surface area contributed by atoms with Gasteiger partial charge in [-0.15, -0.1) is 0 Å². The zero-order valence-electron chi connectivity index (χ0n) is 15.0. The zero-order valence-corrected chi connectivity index (χ0v) is 15.8. The van der Waals surface area contributed by atoms with Crippen LogP contribution in [0, 0.1) is 10.1 Å². The van der Waals surface area contributed by atoms with Gasteiger partial charge in [0.2, 0.25) is 5.95 Å². The van der Waals surface area contributed by atoms with E-state index in [1.807, 2.05) is 10.6 Å². The monoisotopic (exact) mass is 400 g/mol. The van der Waals surface area contributed by atoms with Crippen LogP contribution in [0.1, 0.15) is 0 Å². The minimum absolute atomic E-state index is 0.0489. The van der Waals surface area contributed by atoms with E-state index < -0.39 is 4.92 Å². The third-order valence-corrected chi connectivity index (χ3v) is 5.15. The van der Waals surface area contributed by atoms with Crippen molar-refractivity contribution in [1.82, 2.24) is 19.4 Å². The molecular weight excluding hydrogens is 384 g/mol. The molecule has 0 radical (unpaired) electrons. The Morgan fingerprint density at radius 3 is 2.68 bits per heavy atom. The molecule has 144 valence electrons. The number of non-ortho nitro benzene ring substituents is 1. The molecule has 0 aliphatic carbocycles. The maximum atomic E-state index is 10.8. The first-order chi connectivity index (χ1) is 13.6. The normalized spacial score (nSPS) is 11.5. The fourth-order valence-corrected chi connectivity index (χ4v) is 3.66. The lowest BCUT2D eigenvalue weighted by atomic mass is 10.1. The van der Waals surface area contributed by atoms with Crippen molar-refractivity contribution in [2.24, 2.45) is 0 Å². The number of benzene rings is 1. The summed E-state index contributed by atoms with van der Waals surface area (Å²) in [5.74, 6) is 0.478. The number of hydrogen-bond acceptors (Lipinski definition) is 9. The lowest BCUT2D eigenvalue weighted by Gasteiger charge is -2.13. The van der Waals surface area contributed by atoms with Crippen LogP contribution in [0.25, 0.3) is 26.6 Å². The first kappa shape index (κ1) is 18.2. The first-order valence-electron chi connectivity index (χ1n) is 8.28. The second-order valence-electron chi connectivity index (χ2n) is 5.85. The average molecular weight is 400 g/mol. The molecule has 10 nitrogen and oxygen atoms in total. The number of nitro benzene ring substituents is 1. The molecule has 1 aromatic carbocycles. The van der Waals surface area contributed by atoms with Crippen molar-refractivity contribution in [3.05, 3.63) is 46.8 Å². The minimum atomic E-state index is -0.423. The first-order valence-corrected chi connectivity index (χ1v) is 9.09. The molecule has 4 aromatic rings. The molecule has 28 heavy (non-hydrogen) atoms. The van der Waals surface area contributed by atoms with Crippen LogP contribution in [0.3, 0.4) is 0 Å². The predicted octanol–water partition coefficient (Wildman–Crippen LogP) is 2.95. The largest absolute Gasteiger partial charge is 0.354 e. The van der Waals surface area contributed by atoms with Crippen molar-refractivity contribution < 1.29 is 14.4 Å². The van der Waals surface area contributed by atoms with Gasteiger partial charge in [-0.1, -0.05) is 11.3 Å². The van der Waals surface area contributed by atoms with Gasteiger partial charge in [0, 0.05) is 38.1 Å². The topological polar surface area (TPSA) is 117 Å². The van der Waals surface area contributed by atoms with Gasteiger partial charge in [-0.2, -0.15) is 0 Å². The summed E-state index contributed by atoms with van der Waals surface area (Å²) in [5.41, 5.74) is 2.42. The number of imidazole rings is 1. The fourth-order valence-electron chi connectivity index (χ4n) is 2.71. The summed E-state index contributed by atoms with van der Waals surface area (Å²) in [6.07, 6.45) is 3.21. The summed E-state index contributed by atoms with van der Waals surface area (Å²) in [7, 11) is 3.13. The Morgan fingerprint density at radius 1 is 1.25 bits per heavy atom. The lowest BCUT2D eigenvalue weighted by Crippen LogP contribution is -2.24. The molecule has 0 aliphatic rings. The third kappa shape index (κ3) is 3.38. The van der Waals surface area contributed by atoms with E-state index in [1.54, 1.807) is 32.5 Å².